The van der Waals surface area contributed by atoms with Crippen molar-refractivity contribution in [2.75, 3.05) is 0 Å². The lowest BCUT2D eigenvalue weighted by Gasteiger charge is -2.03. The summed E-state index contributed by atoms with van der Waals surface area (Å²) in [7, 11) is 0. The molecule has 0 bridgehead atoms. The molecule has 0 saturated heterocycles. The molecule has 0 heterocycles. The van der Waals surface area contributed by atoms with E-state index in [1.54, 1.807) is 0 Å². The maximum absolute atomic E-state index is 3.92. The van der Waals surface area contributed by atoms with Crippen molar-refractivity contribution in [1.82, 2.24) is 0 Å². The lowest BCUT2D eigenvalue weighted by atomic mass is 10.0. The van der Waals surface area contributed by atoms with Crippen LogP contribution in [-0.2, 0) is 12.8 Å². The van der Waals surface area contributed by atoms with Gasteiger partial charge >= 0.3 is 0 Å². The number of aryl methyl sites for hydroxylation is 2. The van der Waals surface area contributed by atoms with Crippen LogP contribution in [0.3, 0.4) is 0 Å². The minimum atomic E-state index is 1.06. The van der Waals surface area contributed by atoms with Crippen LogP contribution in [0.5, 0.6) is 0 Å². The first-order valence-electron chi connectivity index (χ1n) is 5.55. The molecule has 0 nitrogen and oxygen atoms in total. The standard InChI is InChI=1S/C15H20/c1-4-5-6-14-9-11-15(12-10-14)8-7-13(2)3/h4,9-12H,1-2,5-8H2,3H3. The Hall–Kier alpha value is -1.30. The Labute approximate surface area is 93.3 Å². The Bertz CT molecular complexity index is 316. The Morgan fingerprint density at radius 2 is 1.67 bits per heavy atom. The van der Waals surface area contributed by atoms with Gasteiger partial charge in [-0.2, -0.15) is 0 Å². The van der Waals surface area contributed by atoms with E-state index in [4.69, 9.17) is 0 Å². The molecule has 0 unspecified atom stereocenters. The zero-order valence-electron chi connectivity index (χ0n) is 9.63. The Morgan fingerprint density at radius 3 is 2.13 bits per heavy atom. The van der Waals surface area contributed by atoms with Gasteiger partial charge in [-0.05, 0) is 43.7 Å². The summed E-state index contributed by atoms with van der Waals surface area (Å²) < 4.78 is 0. The maximum Gasteiger partial charge on any atom is -0.0242 e. The molecule has 0 amide bonds. The van der Waals surface area contributed by atoms with Gasteiger partial charge in [0, 0.05) is 0 Å². The first-order chi connectivity index (χ1) is 7.22. The van der Waals surface area contributed by atoms with Crippen molar-refractivity contribution in [3.63, 3.8) is 0 Å². The summed E-state index contributed by atoms with van der Waals surface area (Å²) in [4.78, 5) is 0. The zero-order chi connectivity index (χ0) is 11.1. The molecule has 0 radical (unpaired) electrons. The fourth-order valence-corrected chi connectivity index (χ4v) is 1.50. The third kappa shape index (κ3) is 4.64. The summed E-state index contributed by atoms with van der Waals surface area (Å²) in [5.41, 5.74) is 4.06. The Balaban J connectivity index is 2.48. The molecule has 0 heteroatoms. The minimum absolute atomic E-state index is 1.06. The van der Waals surface area contributed by atoms with E-state index in [0.717, 1.165) is 25.7 Å². The number of benzene rings is 1. The van der Waals surface area contributed by atoms with Crippen LogP contribution >= 0.6 is 0 Å². The molecular weight excluding hydrogens is 180 g/mol. The van der Waals surface area contributed by atoms with Gasteiger partial charge in [0.05, 0.1) is 0 Å². The van der Waals surface area contributed by atoms with Gasteiger partial charge in [0.25, 0.3) is 0 Å². The topological polar surface area (TPSA) is 0 Å². The second-order valence-corrected chi connectivity index (χ2v) is 4.10. The highest BCUT2D eigenvalue weighted by atomic mass is 14.0. The lowest BCUT2D eigenvalue weighted by molar-refractivity contribution is 0.939. The molecule has 0 saturated carbocycles. The summed E-state index contributed by atoms with van der Waals surface area (Å²) in [6.07, 6.45) is 6.33. The first kappa shape index (κ1) is 11.8. The summed E-state index contributed by atoms with van der Waals surface area (Å²) >= 11 is 0. The van der Waals surface area contributed by atoms with Gasteiger partial charge in [-0.3, -0.25) is 0 Å². The summed E-state index contributed by atoms with van der Waals surface area (Å²) in [6, 6.07) is 8.89. The van der Waals surface area contributed by atoms with Crippen molar-refractivity contribution in [3.05, 3.63) is 60.2 Å². The predicted molar refractivity (Wildman–Crippen MR) is 68.1 cm³/mol. The van der Waals surface area contributed by atoms with Crippen LogP contribution in [0.15, 0.2) is 49.1 Å². The SMILES string of the molecule is C=CCCc1ccc(CCC(=C)C)cc1. The molecule has 15 heavy (non-hydrogen) atoms. The van der Waals surface area contributed by atoms with Crippen LogP contribution in [0.1, 0.15) is 30.9 Å². The molecule has 0 N–H and O–H groups in total. The van der Waals surface area contributed by atoms with Crippen LogP contribution in [0, 0.1) is 0 Å². The van der Waals surface area contributed by atoms with E-state index in [2.05, 4.69) is 44.3 Å². The molecule has 0 aromatic heterocycles. The van der Waals surface area contributed by atoms with Gasteiger partial charge in [-0.15, -0.1) is 13.2 Å². The van der Waals surface area contributed by atoms with Gasteiger partial charge in [-0.25, -0.2) is 0 Å². The molecule has 80 valence electrons. The molecule has 0 fully saturated rings. The fourth-order valence-electron chi connectivity index (χ4n) is 1.50. The van der Waals surface area contributed by atoms with Crippen LogP contribution in [0.4, 0.5) is 0 Å². The van der Waals surface area contributed by atoms with E-state index in [9.17, 15) is 0 Å². The highest BCUT2D eigenvalue weighted by molar-refractivity contribution is 5.23. The predicted octanol–water partition coefficient (Wildman–Crippen LogP) is 4.31. The van der Waals surface area contributed by atoms with Crippen molar-refractivity contribution in [3.8, 4) is 0 Å². The third-order valence-corrected chi connectivity index (χ3v) is 2.50. The number of allylic oxidation sites excluding steroid dienone is 2. The van der Waals surface area contributed by atoms with Crippen molar-refractivity contribution >= 4 is 0 Å². The number of rotatable bonds is 6. The third-order valence-electron chi connectivity index (χ3n) is 2.50. The largest absolute Gasteiger partial charge is 0.103 e. The summed E-state index contributed by atoms with van der Waals surface area (Å²) in [5, 5.41) is 0. The molecule has 1 aromatic carbocycles. The van der Waals surface area contributed by atoms with E-state index >= 15 is 0 Å². The van der Waals surface area contributed by atoms with Crippen molar-refractivity contribution in [2.45, 2.75) is 32.6 Å². The second-order valence-electron chi connectivity index (χ2n) is 4.10. The fraction of sp³-hybridized carbons (Fsp3) is 0.333. The van der Waals surface area contributed by atoms with E-state index in [1.807, 2.05) is 6.08 Å². The number of hydrogen-bond acceptors (Lipinski definition) is 0. The molecule has 0 aliphatic heterocycles. The second kappa shape index (κ2) is 6.23. The molecule has 0 atom stereocenters. The zero-order valence-corrected chi connectivity index (χ0v) is 9.63. The average Bonchev–Trinajstić information content (AvgIpc) is 2.25. The lowest BCUT2D eigenvalue weighted by Crippen LogP contribution is -1.88. The van der Waals surface area contributed by atoms with Crippen molar-refractivity contribution in [1.29, 1.82) is 0 Å². The highest BCUT2D eigenvalue weighted by Gasteiger charge is 1.95. The summed E-state index contributed by atoms with van der Waals surface area (Å²) in [5.74, 6) is 0. The van der Waals surface area contributed by atoms with Gasteiger partial charge < -0.3 is 0 Å². The smallest absolute Gasteiger partial charge is 0.0242 e. The van der Waals surface area contributed by atoms with Crippen LogP contribution < -0.4 is 0 Å². The number of hydrogen-bond donors (Lipinski definition) is 0. The normalized spacial score (nSPS) is 9.93. The monoisotopic (exact) mass is 200 g/mol. The quantitative estimate of drug-likeness (QED) is 0.600. The maximum atomic E-state index is 3.92. The highest BCUT2D eigenvalue weighted by Crippen LogP contribution is 2.10. The molecular formula is C15H20. The van der Waals surface area contributed by atoms with E-state index < -0.39 is 0 Å². The minimum Gasteiger partial charge on any atom is -0.103 e. The van der Waals surface area contributed by atoms with Gasteiger partial charge in [0.15, 0.2) is 0 Å². The van der Waals surface area contributed by atoms with E-state index in [-0.39, 0.29) is 0 Å². The Morgan fingerprint density at radius 1 is 1.13 bits per heavy atom. The van der Waals surface area contributed by atoms with Gasteiger partial charge in [-0.1, -0.05) is 35.9 Å². The molecule has 0 aliphatic carbocycles. The molecule has 0 spiro atoms. The van der Waals surface area contributed by atoms with E-state index in [1.165, 1.54) is 16.7 Å². The van der Waals surface area contributed by atoms with Crippen LogP contribution in [0.25, 0.3) is 0 Å². The Kier molecular flexibility index (Phi) is 4.89. The van der Waals surface area contributed by atoms with Gasteiger partial charge in [0.2, 0.25) is 0 Å². The summed E-state index contributed by atoms with van der Waals surface area (Å²) in [6.45, 7) is 9.73. The van der Waals surface area contributed by atoms with E-state index in [0.29, 0.717) is 0 Å². The van der Waals surface area contributed by atoms with Crippen molar-refractivity contribution < 1.29 is 0 Å². The van der Waals surface area contributed by atoms with Crippen LogP contribution in [0.2, 0.25) is 0 Å². The molecule has 0 aliphatic rings. The first-order valence-corrected chi connectivity index (χ1v) is 5.55. The average molecular weight is 200 g/mol. The van der Waals surface area contributed by atoms with Crippen LogP contribution in [-0.4, -0.2) is 0 Å². The molecule has 1 aromatic rings. The van der Waals surface area contributed by atoms with Crippen molar-refractivity contribution in [2.24, 2.45) is 0 Å². The van der Waals surface area contributed by atoms with Gasteiger partial charge in [0.1, 0.15) is 0 Å². The molecule has 1 rings (SSSR count).